The molecule has 0 aliphatic rings. The van der Waals surface area contributed by atoms with Crippen molar-refractivity contribution in [3.8, 4) is 17.6 Å². The number of thiazole rings is 1. The first kappa shape index (κ1) is 19.1. The van der Waals surface area contributed by atoms with E-state index in [0.717, 1.165) is 16.9 Å². The molecule has 2 aromatic carbocycles. The maximum atomic E-state index is 12.4. The largest absolute Gasteiger partial charge is 0.504 e. The van der Waals surface area contributed by atoms with Gasteiger partial charge in [-0.2, -0.15) is 5.26 Å². The van der Waals surface area contributed by atoms with E-state index in [1.807, 2.05) is 36.4 Å². The molecule has 0 saturated carbocycles. The van der Waals surface area contributed by atoms with E-state index in [2.05, 4.69) is 10.3 Å². The van der Waals surface area contributed by atoms with Crippen LogP contribution in [-0.4, -0.2) is 23.1 Å². The van der Waals surface area contributed by atoms with Crippen LogP contribution in [0, 0.1) is 11.3 Å². The molecule has 7 heteroatoms. The molecule has 0 radical (unpaired) electrons. The molecule has 6 nitrogen and oxygen atoms in total. The fourth-order valence-corrected chi connectivity index (χ4v) is 3.35. The van der Waals surface area contributed by atoms with E-state index >= 15 is 0 Å². The van der Waals surface area contributed by atoms with E-state index in [4.69, 9.17) is 4.74 Å². The van der Waals surface area contributed by atoms with Gasteiger partial charge in [0.25, 0.3) is 5.91 Å². The van der Waals surface area contributed by atoms with Crippen LogP contribution in [0.1, 0.15) is 16.0 Å². The van der Waals surface area contributed by atoms with Gasteiger partial charge in [0, 0.05) is 17.5 Å². The number of nitrogens with one attached hydrogen (secondary N) is 1. The summed E-state index contributed by atoms with van der Waals surface area (Å²) in [5.74, 6) is -0.302. The molecule has 1 amide bonds. The van der Waals surface area contributed by atoms with Crippen molar-refractivity contribution in [2.45, 2.75) is 6.42 Å². The van der Waals surface area contributed by atoms with Gasteiger partial charge in [0.2, 0.25) is 0 Å². The summed E-state index contributed by atoms with van der Waals surface area (Å²) in [5, 5.41) is 22.1. The van der Waals surface area contributed by atoms with E-state index in [-0.39, 0.29) is 17.1 Å². The number of anilines is 1. The highest BCUT2D eigenvalue weighted by Crippen LogP contribution is 2.27. The average molecular weight is 391 g/mol. The third kappa shape index (κ3) is 4.75. The molecule has 0 atom stereocenters. The minimum absolute atomic E-state index is 0.0173. The van der Waals surface area contributed by atoms with Crippen molar-refractivity contribution in [1.82, 2.24) is 4.98 Å². The van der Waals surface area contributed by atoms with Crippen molar-refractivity contribution in [2.24, 2.45) is 0 Å². The van der Waals surface area contributed by atoms with Crippen LogP contribution in [0.25, 0.3) is 6.08 Å². The van der Waals surface area contributed by atoms with Crippen molar-refractivity contribution in [3.05, 3.63) is 76.3 Å². The van der Waals surface area contributed by atoms with Crippen LogP contribution in [-0.2, 0) is 11.2 Å². The van der Waals surface area contributed by atoms with Crippen molar-refractivity contribution in [2.75, 3.05) is 12.4 Å². The molecule has 28 heavy (non-hydrogen) atoms. The molecule has 0 unspecified atom stereocenters. The topological polar surface area (TPSA) is 95.2 Å². The van der Waals surface area contributed by atoms with E-state index in [9.17, 15) is 15.2 Å². The maximum absolute atomic E-state index is 12.4. The van der Waals surface area contributed by atoms with Crippen molar-refractivity contribution in [3.63, 3.8) is 0 Å². The number of carbonyl (C=O) groups excluding carboxylic acids is 1. The summed E-state index contributed by atoms with van der Waals surface area (Å²) in [7, 11) is 1.43. The molecule has 0 spiro atoms. The van der Waals surface area contributed by atoms with Gasteiger partial charge in [-0.1, -0.05) is 36.4 Å². The van der Waals surface area contributed by atoms with Crippen LogP contribution in [0.4, 0.5) is 5.13 Å². The van der Waals surface area contributed by atoms with Crippen LogP contribution in [0.5, 0.6) is 11.5 Å². The summed E-state index contributed by atoms with van der Waals surface area (Å²) >= 11 is 1.37. The third-order valence-corrected chi connectivity index (χ3v) is 4.79. The Kier molecular flexibility index (Phi) is 6.04. The smallest absolute Gasteiger partial charge is 0.268 e. The first-order valence-corrected chi connectivity index (χ1v) is 9.19. The lowest BCUT2D eigenvalue weighted by atomic mass is 10.1. The number of nitriles is 1. The van der Waals surface area contributed by atoms with Gasteiger partial charge in [0.05, 0.1) is 7.11 Å². The molecule has 0 aliphatic carbocycles. The number of rotatable bonds is 6. The number of phenols is 1. The molecule has 140 valence electrons. The van der Waals surface area contributed by atoms with Crippen LogP contribution in [0.15, 0.2) is 60.3 Å². The molecule has 0 aliphatic heterocycles. The number of methoxy groups -OCH3 is 1. The second kappa shape index (κ2) is 8.84. The normalized spacial score (nSPS) is 10.9. The Bertz CT molecular complexity index is 1050. The zero-order valence-electron chi connectivity index (χ0n) is 15.0. The first-order chi connectivity index (χ1) is 13.6. The number of amides is 1. The second-order valence-corrected chi connectivity index (χ2v) is 6.96. The summed E-state index contributed by atoms with van der Waals surface area (Å²) < 4.78 is 5.04. The van der Waals surface area contributed by atoms with E-state index in [1.165, 1.54) is 30.6 Å². The second-order valence-electron chi connectivity index (χ2n) is 5.85. The highest BCUT2D eigenvalue weighted by molar-refractivity contribution is 7.15. The Hall–Kier alpha value is -3.63. The van der Waals surface area contributed by atoms with Crippen LogP contribution >= 0.6 is 11.3 Å². The monoisotopic (exact) mass is 391 g/mol. The summed E-state index contributed by atoms with van der Waals surface area (Å²) in [6.07, 6.45) is 3.87. The lowest BCUT2D eigenvalue weighted by molar-refractivity contribution is -0.112. The molecule has 1 aromatic heterocycles. The third-order valence-electron chi connectivity index (χ3n) is 3.88. The van der Waals surface area contributed by atoms with E-state index < -0.39 is 5.91 Å². The number of nitrogens with zero attached hydrogens (tertiary/aromatic N) is 2. The van der Waals surface area contributed by atoms with Crippen LogP contribution in [0.3, 0.4) is 0 Å². The predicted molar refractivity (Wildman–Crippen MR) is 108 cm³/mol. The van der Waals surface area contributed by atoms with Gasteiger partial charge < -0.3 is 9.84 Å². The predicted octanol–water partition coefficient (Wildman–Crippen LogP) is 3.99. The lowest BCUT2D eigenvalue weighted by Crippen LogP contribution is -2.13. The van der Waals surface area contributed by atoms with Gasteiger partial charge in [-0.3, -0.25) is 10.1 Å². The SMILES string of the molecule is COc1cc(/C=C(\C#N)C(=O)Nc2ncc(Cc3ccccc3)s2)ccc1O. The maximum Gasteiger partial charge on any atom is 0.268 e. The lowest BCUT2D eigenvalue weighted by Gasteiger charge is -2.04. The molecule has 3 aromatic rings. The Morgan fingerprint density at radius 2 is 2.11 bits per heavy atom. The zero-order valence-corrected chi connectivity index (χ0v) is 15.9. The minimum Gasteiger partial charge on any atom is -0.504 e. The summed E-state index contributed by atoms with van der Waals surface area (Å²) in [6, 6.07) is 16.4. The Morgan fingerprint density at radius 3 is 2.82 bits per heavy atom. The molecule has 0 saturated heterocycles. The number of phenolic OH excluding ortho intramolecular Hbond substituents is 1. The minimum atomic E-state index is -0.546. The van der Waals surface area contributed by atoms with Gasteiger partial charge in [-0.25, -0.2) is 4.98 Å². The summed E-state index contributed by atoms with van der Waals surface area (Å²) in [6.45, 7) is 0. The van der Waals surface area contributed by atoms with Gasteiger partial charge in [0.1, 0.15) is 11.6 Å². The van der Waals surface area contributed by atoms with Crippen molar-refractivity contribution < 1.29 is 14.6 Å². The molecular formula is C21H17N3O3S. The number of aromatic hydroxyl groups is 1. The molecule has 0 fully saturated rings. The Balaban J connectivity index is 1.72. The number of aromatic nitrogens is 1. The Labute approximate surface area is 166 Å². The number of hydrogen-bond donors (Lipinski definition) is 2. The van der Waals surface area contributed by atoms with E-state index in [1.54, 1.807) is 18.3 Å². The molecule has 2 N–H and O–H groups in total. The summed E-state index contributed by atoms with van der Waals surface area (Å²) in [5.41, 5.74) is 1.64. The molecule has 3 rings (SSSR count). The average Bonchev–Trinajstić information content (AvgIpc) is 3.14. The molecular weight excluding hydrogens is 374 g/mol. The number of hydrogen-bond acceptors (Lipinski definition) is 6. The van der Waals surface area contributed by atoms with Crippen molar-refractivity contribution >= 4 is 28.5 Å². The molecule has 0 bridgehead atoms. The van der Waals surface area contributed by atoms with Crippen LogP contribution < -0.4 is 10.1 Å². The van der Waals surface area contributed by atoms with Gasteiger partial charge in [-0.15, -0.1) is 11.3 Å². The van der Waals surface area contributed by atoms with Crippen molar-refractivity contribution in [1.29, 1.82) is 5.26 Å². The fourth-order valence-electron chi connectivity index (χ4n) is 2.51. The van der Waals surface area contributed by atoms with Gasteiger partial charge in [0.15, 0.2) is 16.6 Å². The highest BCUT2D eigenvalue weighted by atomic mass is 32.1. The van der Waals surface area contributed by atoms with Gasteiger partial charge in [-0.05, 0) is 29.3 Å². The Morgan fingerprint density at radius 1 is 1.32 bits per heavy atom. The standard InChI is InChI=1S/C21H17N3O3S/c1-27-19-11-15(7-8-18(19)25)9-16(12-22)20(26)24-21-23-13-17(28-21)10-14-5-3-2-4-6-14/h2-9,11,13,25H,10H2,1H3,(H,23,24,26)/b16-9+. The van der Waals surface area contributed by atoms with Crippen LogP contribution in [0.2, 0.25) is 0 Å². The number of benzene rings is 2. The fraction of sp³-hybridized carbons (Fsp3) is 0.0952. The first-order valence-electron chi connectivity index (χ1n) is 8.38. The van der Waals surface area contributed by atoms with Gasteiger partial charge >= 0.3 is 0 Å². The highest BCUT2D eigenvalue weighted by Gasteiger charge is 2.13. The number of carbonyl (C=O) groups is 1. The summed E-state index contributed by atoms with van der Waals surface area (Å²) in [4.78, 5) is 17.6. The quantitative estimate of drug-likeness (QED) is 0.489. The number of ether oxygens (including phenoxy) is 1. The zero-order chi connectivity index (χ0) is 19.9. The van der Waals surface area contributed by atoms with E-state index in [0.29, 0.717) is 10.7 Å². The molecule has 1 heterocycles.